The highest BCUT2D eigenvalue weighted by Crippen LogP contribution is 2.52. The van der Waals surface area contributed by atoms with E-state index in [0.29, 0.717) is 24.2 Å². The van der Waals surface area contributed by atoms with Gasteiger partial charge in [-0.05, 0) is 85.3 Å². The average molecular weight is 1300 g/mol. The number of nitrogens with zero attached hydrogens (tertiary/aromatic N) is 4. The molecule has 2 amide bonds. The largest absolute Gasteiger partial charge is 0.332 e. The first-order valence-corrected chi connectivity index (χ1v) is 39.9. The molecular formula is C82H102N4O2S4. The van der Waals surface area contributed by atoms with Crippen LogP contribution in [0.25, 0.3) is 94.7 Å². The fourth-order valence-corrected chi connectivity index (χ4v) is 19.7. The number of carbonyl (C=O) groups excluding carboxylic acids is 2. The van der Waals surface area contributed by atoms with E-state index in [0.717, 1.165) is 82.5 Å². The smallest absolute Gasteiger partial charge is 0.261 e. The molecule has 0 spiro atoms. The quantitative estimate of drug-likeness (QED) is 0.0359. The molecule has 2 aliphatic heterocycles. The van der Waals surface area contributed by atoms with Crippen LogP contribution in [0.5, 0.6) is 0 Å². The summed E-state index contributed by atoms with van der Waals surface area (Å²) in [5.41, 5.74) is 7.83. The van der Waals surface area contributed by atoms with Gasteiger partial charge in [-0.25, -0.2) is 0 Å². The third-order valence-electron chi connectivity index (χ3n) is 20.1. The average Bonchev–Trinajstić information content (AvgIpc) is 1.57. The minimum absolute atomic E-state index is 0.0145. The maximum atomic E-state index is 15.8. The molecule has 2 aliphatic rings. The van der Waals surface area contributed by atoms with Crippen molar-refractivity contribution in [2.45, 2.75) is 246 Å². The Morgan fingerprint density at radius 2 is 0.620 bits per heavy atom. The highest BCUT2D eigenvalue weighted by atomic mass is 32.1. The number of fused-ring (bicyclic) bond motifs is 11. The van der Waals surface area contributed by atoms with Crippen LogP contribution >= 0.6 is 45.3 Å². The molecule has 12 rings (SSSR count). The van der Waals surface area contributed by atoms with Crippen molar-refractivity contribution in [1.29, 1.82) is 0 Å². The Bertz CT molecular complexity index is 3900. The molecule has 0 saturated heterocycles. The highest BCUT2D eigenvalue weighted by Gasteiger charge is 2.49. The number of thiophene rings is 4. The summed E-state index contributed by atoms with van der Waals surface area (Å²) in [5.74, 6) is -0.0291. The Morgan fingerprint density at radius 1 is 0.304 bits per heavy atom. The van der Waals surface area contributed by atoms with E-state index in [9.17, 15) is 0 Å². The molecule has 92 heavy (non-hydrogen) atoms. The summed E-state index contributed by atoms with van der Waals surface area (Å²) < 4.78 is 7.96. The first kappa shape index (κ1) is 66.2. The van der Waals surface area contributed by atoms with Crippen molar-refractivity contribution in [3.8, 4) is 20.9 Å². The van der Waals surface area contributed by atoms with Gasteiger partial charge in [0.05, 0.1) is 43.3 Å². The SMILES string of the molecule is CCCCCCCCCCCCn1c2cc(-c3ccc(C4=C5C(=O)N(CCCCCCCC)C(c6ccc(-c7ccc8c9c%10ccccc%10sc9n(CCCCCCCCCCCC)c8c7)s6)=C5C(=O)N4CCCCCCCC)s3)ccc2c2c3ccccc3sc21. The molecule has 0 saturated carbocycles. The number of amides is 2. The molecule has 0 unspecified atom stereocenters. The standard InChI is InChI=1S/C82H102N4O2S4/c1-5-9-13-17-21-23-25-27-31-37-53-83-65-57-59(45-47-61(65)73-63-41-33-35-43-69(63)91-81(73)83)67-49-51-71(89-67)77-75-76(80(88)85(77)55-39-29-19-15-11-7-3)78(86(79(75)87)56-40-30-20-16-12-8-4)72-52-50-68(90-72)60-46-48-62-66(58-60)84(54-38-32-28-26-24-22-18-14-10-6-2)82-74(62)64-42-34-36-44-70(64)92-82/h33-36,41-52,57-58H,5-32,37-40,53-56H2,1-4H3. The number of rotatable bonds is 40. The van der Waals surface area contributed by atoms with E-state index in [-0.39, 0.29) is 11.8 Å². The zero-order valence-corrected chi connectivity index (χ0v) is 59.4. The fourth-order valence-electron chi connectivity index (χ4n) is 15.1. The van der Waals surface area contributed by atoms with Crippen molar-refractivity contribution in [2.75, 3.05) is 13.1 Å². The van der Waals surface area contributed by atoms with Gasteiger partial charge in [-0.15, -0.1) is 45.3 Å². The lowest BCUT2D eigenvalue weighted by Gasteiger charge is -2.24. The number of unbranched alkanes of at least 4 members (excludes halogenated alkanes) is 28. The number of carbonyl (C=O) groups is 2. The Kier molecular flexibility index (Phi) is 23.5. The summed E-state index contributed by atoms with van der Waals surface area (Å²) in [6, 6.07) is 41.1. The van der Waals surface area contributed by atoms with Crippen LogP contribution in [0.1, 0.15) is 243 Å². The van der Waals surface area contributed by atoms with Gasteiger partial charge in [0.15, 0.2) is 0 Å². The normalized spacial score (nSPS) is 13.8. The minimum atomic E-state index is -0.0145. The second-order valence-corrected chi connectivity index (χ2v) is 31.1. The van der Waals surface area contributed by atoms with Crippen molar-refractivity contribution in [2.24, 2.45) is 0 Å². The topological polar surface area (TPSA) is 50.5 Å². The van der Waals surface area contributed by atoms with E-state index in [1.54, 1.807) is 22.7 Å². The maximum Gasteiger partial charge on any atom is 0.261 e. The van der Waals surface area contributed by atoms with Gasteiger partial charge in [0.1, 0.15) is 9.66 Å². The number of aryl methyl sites for hydroxylation is 2. The Labute approximate surface area is 565 Å². The molecule has 0 radical (unpaired) electrons. The summed E-state index contributed by atoms with van der Waals surface area (Å²) >= 11 is 7.36. The molecule has 6 aromatic heterocycles. The molecular weight excluding hydrogens is 1200 g/mol. The molecule has 0 N–H and O–H groups in total. The van der Waals surface area contributed by atoms with Crippen molar-refractivity contribution in [3.63, 3.8) is 0 Å². The lowest BCUT2D eigenvalue weighted by molar-refractivity contribution is -0.124. The van der Waals surface area contributed by atoms with Crippen LogP contribution in [0.2, 0.25) is 0 Å². The second kappa shape index (κ2) is 32.6. The van der Waals surface area contributed by atoms with Crippen LogP contribution in [0.15, 0.2) is 120 Å². The van der Waals surface area contributed by atoms with Gasteiger partial charge in [0.2, 0.25) is 0 Å². The minimum Gasteiger partial charge on any atom is -0.332 e. The molecule has 486 valence electrons. The van der Waals surface area contributed by atoms with Crippen LogP contribution < -0.4 is 0 Å². The maximum absolute atomic E-state index is 15.8. The zero-order valence-electron chi connectivity index (χ0n) is 56.1. The summed E-state index contributed by atoms with van der Waals surface area (Å²) in [6.07, 6.45) is 40.0. The van der Waals surface area contributed by atoms with Crippen LogP contribution in [0, 0.1) is 0 Å². The summed E-state index contributed by atoms with van der Waals surface area (Å²) in [6.45, 7) is 12.4. The number of benzene rings is 4. The first-order chi connectivity index (χ1) is 45.4. The van der Waals surface area contributed by atoms with Crippen LogP contribution in [-0.4, -0.2) is 43.8 Å². The fraction of sp³-hybridized carbons (Fsp3) is 0.488. The lowest BCUT2D eigenvalue weighted by Crippen LogP contribution is -2.30. The van der Waals surface area contributed by atoms with Crippen LogP contribution in [-0.2, 0) is 22.7 Å². The molecule has 8 heterocycles. The number of hydrogen-bond acceptors (Lipinski definition) is 6. The van der Waals surface area contributed by atoms with Crippen molar-refractivity contribution in [1.82, 2.24) is 18.9 Å². The third-order valence-corrected chi connectivity index (χ3v) is 24.8. The zero-order chi connectivity index (χ0) is 63.2. The molecule has 0 atom stereocenters. The van der Waals surface area contributed by atoms with E-state index in [4.69, 9.17) is 0 Å². The predicted octanol–water partition coefficient (Wildman–Crippen LogP) is 26.2. The number of aromatic nitrogens is 2. The highest BCUT2D eigenvalue weighted by molar-refractivity contribution is 7.26. The summed E-state index contributed by atoms with van der Waals surface area (Å²) in [4.78, 5) is 42.6. The van der Waals surface area contributed by atoms with Gasteiger partial charge in [-0.2, -0.15) is 0 Å². The molecule has 10 heteroatoms. The third kappa shape index (κ3) is 14.5. The number of hydrogen-bond donors (Lipinski definition) is 0. The monoisotopic (exact) mass is 1300 g/mol. The summed E-state index contributed by atoms with van der Waals surface area (Å²) in [7, 11) is 0. The molecule has 0 fully saturated rings. The Morgan fingerprint density at radius 3 is 0.978 bits per heavy atom. The molecule has 0 bridgehead atoms. The van der Waals surface area contributed by atoms with Gasteiger partial charge in [0.25, 0.3) is 11.8 Å². The van der Waals surface area contributed by atoms with E-state index in [1.165, 1.54) is 240 Å². The molecule has 4 aromatic carbocycles. The van der Waals surface area contributed by atoms with Gasteiger partial charge < -0.3 is 18.9 Å². The molecule has 0 aliphatic carbocycles. The van der Waals surface area contributed by atoms with Crippen molar-refractivity contribution < 1.29 is 9.59 Å². The second-order valence-electron chi connectivity index (χ2n) is 26.9. The van der Waals surface area contributed by atoms with Crippen molar-refractivity contribution in [3.05, 3.63) is 130 Å². The van der Waals surface area contributed by atoms with E-state index >= 15 is 9.59 Å². The lowest BCUT2D eigenvalue weighted by atomic mass is 10.1. The van der Waals surface area contributed by atoms with Crippen molar-refractivity contribution >= 4 is 131 Å². The van der Waals surface area contributed by atoms with Gasteiger partial charge in [-0.3, -0.25) is 9.59 Å². The van der Waals surface area contributed by atoms with E-state index in [1.807, 2.05) is 32.5 Å². The Hall–Kier alpha value is -5.78. The van der Waals surface area contributed by atoms with Crippen LogP contribution in [0.3, 0.4) is 0 Å². The first-order valence-electron chi connectivity index (χ1n) is 36.6. The van der Waals surface area contributed by atoms with Gasteiger partial charge >= 0.3 is 0 Å². The molecule has 10 aromatic rings. The van der Waals surface area contributed by atoms with E-state index in [2.05, 4.69) is 146 Å². The summed E-state index contributed by atoms with van der Waals surface area (Å²) in [5, 5.41) is 8.10. The molecule has 6 nitrogen and oxygen atoms in total. The Balaban J connectivity index is 0.877. The van der Waals surface area contributed by atoms with Gasteiger partial charge in [0, 0.05) is 77.7 Å². The van der Waals surface area contributed by atoms with Gasteiger partial charge in [-0.1, -0.05) is 268 Å². The predicted molar refractivity (Wildman–Crippen MR) is 404 cm³/mol. The van der Waals surface area contributed by atoms with Crippen LogP contribution in [0.4, 0.5) is 0 Å². The van der Waals surface area contributed by atoms with E-state index < -0.39 is 0 Å².